The molecule has 0 spiro atoms. The van der Waals surface area contributed by atoms with E-state index in [4.69, 9.17) is 14.9 Å². The lowest BCUT2D eigenvalue weighted by Crippen LogP contribution is -2.13. The topological polar surface area (TPSA) is 48.4 Å². The van der Waals surface area contributed by atoms with Crippen LogP contribution in [0.5, 0.6) is 5.75 Å². The standard InChI is InChI=1S/C13H14BrNO2/c1-16-10-4-2-3-9(7-10)8-12(15)11-5-6-17-13(11)14/h2-7,12H,8,15H2,1H3. The third-order valence-corrected chi connectivity index (χ3v) is 3.28. The van der Waals surface area contributed by atoms with Crippen LogP contribution < -0.4 is 10.5 Å². The molecule has 1 aromatic heterocycles. The van der Waals surface area contributed by atoms with Crippen LogP contribution in [0.2, 0.25) is 0 Å². The summed E-state index contributed by atoms with van der Waals surface area (Å²) in [6.07, 6.45) is 2.38. The van der Waals surface area contributed by atoms with Gasteiger partial charge in [0.1, 0.15) is 5.75 Å². The fraction of sp³-hybridized carbons (Fsp3) is 0.231. The highest BCUT2D eigenvalue weighted by Gasteiger charge is 2.13. The predicted molar refractivity (Wildman–Crippen MR) is 70.0 cm³/mol. The second-order valence-corrected chi connectivity index (χ2v) is 4.53. The van der Waals surface area contributed by atoms with Crippen molar-refractivity contribution in [3.05, 3.63) is 52.4 Å². The molecular formula is C13H14BrNO2. The van der Waals surface area contributed by atoms with Crippen LogP contribution in [0.4, 0.5) is 0 Å². The third kappa shape index (κ3) is 2.90. The van der Waals surface area contributed by atoms with Gasteiger partial charge in [-0.2, -0.15) is 0 Å². The maximum Gasteiger partial charge on any atom is 0.173 e. The fourth-order valence-electron chi connectivity index (χ4n) is 1.73. The molecule has 0 bridgehead atoms. The first-order valence-corrected chi connectivity index (χ1v) is 6.11. The van der Waals surface area contributed by atoms with Crippen molar-refractivity contribution < 1.29 is 9.15 Å². The summed E-state index contributed by atoms with van der Waals surface area (Å²) in [6.45, 7) is 0. The van der Waals surface area contributed by atoms with Gasteiger partial charge in [-0.25, -0.2) is 0 Å². The zero-order valence-corrected chi connectivity index (χ0v) is 11.1. The predicted octanol–water partition coefficient (Wildman–Crippen LogP) is 3.29. The van der Waals surface area contributed by atoms with Crippen LogP contribution in [0.1, 0.15) is 17.2 Å². The Morgan fingerprint density at radius 1 is 1.41 bits per heavy atom. The van der Waals surface area contributed by atoms with Crippen molar-refractivity contribution in [3.8, 4) is 5.75 Å². The molecule has 0 saturated carbocycles. The van der Waals surface area contributed by atoms with E-state index in [1.807, 2.05) is 30.3 Å². The van der Waals surface area contributed by atoms with Crippen LogP contribution in [-0.4, -0.2) is 7.11 Å². The van der Waals surface area contributed by atoms with Crippen LogP contribution >= 0.6 is 15.9 Å². The van der Waals surface area contributed by atoms with Gasteiger partial charge in [0.05, 0.1) is 13.4 Å². The molecule has 17 heavy (non-hydrogen) atoms. The summed E-state index contributed by atoms with van der Waals surface area (Å²) in [5.41, 5.74) is 8.26. The molecule has 1 unspecified atom stereocenters. The van der Waals surface area contributed by atoms with Crippen molar-refractivity contribution in [2.75, 3.05) is 7.11 Å². The Hall–Kier alpha value is -1.26. The Morgan fingerprint density at radius 3 is 2.88 bits per heavy atom. The van der Waals surface area contributed by atoms with Crippen LogP contribution in [-0.2, 0) is 6.42 Å². The smallest absolute Gasteiger partial charge is 0.173 e. The molecule has 0 amide bonds. The lowest BCUT2D eigenvalue weighted by Gasteiger charge is -2.11. The molecule has 0 saturated heterocycles. The molecule has 0 aliphatic rings. The average Bonchev–Trinajstić information content (AvgIpc) is 2.76. The average molecular weight is 296 g/mol. The van der Waals surface area contributed by atoms with Crippen molar-refractivity contribution in [2.45, 2.75) is 12.5 Å². The van der Waals surface area contributed by atoms with E-state index in [-0.39, 0.29) is 6.04 Å². The molecule has 0 aliphatic heterocycles. The number of rotatable bonds is 4. The molecule has 0 fully saturated rings. The van der Waals surface area contributed by atoms with Crippen molar-refractivity contribution in [1.82, 2.24) is 0 Å². The molecule has 1 atom stereocenters. The Morgan fingerprint density at radius 2 is 2.24 bits per heavy atom. The molecule has 4 heteroatoms. The summed E-state index contributed by atoms with van der Waals surface area (Å²) >= 11 is 3.34. The molecular weight excluding hydrogens is 282 g/mol. The monoisotopic (exact) mass is 295 g/mol. The summed E-state index contributed by atoms with van der Waals surface area (Å²) in [5.74, 6) is 0.848. The Bertz CT molecular complexity index is 496. The summed E-state index contributed by atoms with van der Waals surface area (Å²) in [6, 6.07) is 9.71. The molecule has 90 valence electrons. The first-order chi connectivity index (χ1) is 8.20. The first-order valence-electron chi connectivity index (χ1n) is 5.32. The highest BCUT2D eigenvalue weighted by Crippen LogP contribution is 2.26. The summed E-state index contributed by atoms with van der Waals surface area (Å²) < 4.78 is 11.1. The van der Waals surface area contributed by atoms with Crippen LogP contribution in [0.3, 0.4) is 0 Å². The van der Waals surface area contributed by atoms with Gasteiger partial charge in [-0.3, -0.25) is 0 Å². The van der Waals surface area contributed by atoms with E-state index in [0.29, 0.717) is 4.67 Å². The Labute approximate surface area is 109 Å². The number of ether oxygens (including phenoxy) is 1. The fourth-order valence-corrected chi connectivity index (χ4v) is 2.27. The van der Waals surface area contributed by atoms with Crippen LogP contribution in [0.15, 0.2) is 45.7 Å². The molecule has 3 nitrogen and oxygen atoms in total. The minimum absolute atomic E-state index is 0.0877. The molecule has 1 aromatic carbocycles. The number of benzene rings is 1. The van der Waals surface area contributed by atoms with Crippen LogP contribution in [0, 0.1) is 0 Å². The number of nitrogens with two attached hydrogens (primary N) is 1. The molecule has 1 heterocycles. The van der Waals surface area contributed by atoms with Gasteiger partial charge in [0.15, 0.2) is 4.67 Å². The number of hydrogen-bond acceptors (Lipinski definition) is 3. The molecule has 0 radical (unpaired) electrons. The van der Waals surface area contributed by atoms with E-state index in [0.717, 1.165) is 23.3 Å². The number of methoxy groups -OCH3 is 1. The van der Waals surface area contributed by atoms with Gasteiger partial charge < -0.3 is 14.9 Å². The van der Waals surface area contributed by atoms with Gasteiger partial charge in [0, 0.05) is 11.6 Å². The molecule has 2 N–H and O–H groups in total. The minimum atomic E-state index is -0.0877. The lowest BCUT2D eigenvalue weighted by atomic mass is 10.0. The van der Waals surface area contributed by atoms with Gasteiger partial charge >= 0.3 is 0 Å². The molecule has 0 aliphatic carbocycles. The van der Waals surface area contributed by atoms with E-state index < -0.39 is 0 Å². The summed E-state index contributed by atoms with van der Waals surface area (Å²) in [4.78, 5) is 0. The van der Waals surface area contributed by atoms with Gasteiger partial charge in [-0.1, -0.05) is 12.1 Å². The van der Waals surface area contributed by atoms with Crippen molar-refractivity contribution in [2.24, 2.45) is 5.73 Å². The largest absolute Gasteiger partial charge is 0.497 e. The first kappa shape index (κ1) is 12.2. The molecule has 2 rings (SSSR count). The number of hydrogen-bond donors (Lipinski definition) is 1. The summed E-state index contributed by atoms with van der Waals surface area (Å²) in [5, 5.41) is 0. The quantitative estimate of drug-likeness (QED) is 0.941. The van der Waals surface area contributed by atoms with Gasteiger partial charge in [-0.15, -0.1) is 0 Å². The van der Waals surface area contributed by atoms with E-state index >= 15 is 0 Å². The van der Waals surface area contributed by atoms with Crippen molar-refractivity contribution >= 4 is 15.9 Å². The highest BCUT2D eigenvalue weighted by molar-refractivity contribution is 9.10. The normalized spacial score (nSPS) is 12.4. The Balaban J connectivity index is 2.13. The lowest BCUT2D eigenvalue weighted by molar-refractivity contribution is 0.414. The minimum Gasteiger partial charge on any atom is -0.497 e. The maximum absolute atomic E-state index is 6.13. The maximum atomic E-state index is 6.13. The summed E-state index contributed by atoms with van der Waals surface area (Å²) in [7, 11) is 1.66. The van der Waals surface area contributed by atoms with Gasteiger partial charge in [-0.05, 0) is 46.1 Å². The van der Waals surface area contributed by atoms with Gasteiger partial charge in [0.25, 0.3) is 0 Å². The Kier molecular flexibility index (Phi) is 3.86. The second-order valence-electron chi connectivity index (χ2n) is 3.81. The van der Waals surface area contributed by atoms with Crippen molar-refractivity contribution in [3.63, 3.8) is 0 Å². The van der Waals surface area contributed by atoms with E-state index in [9.17, 15) is 0 Å². The van der Waals surface area contributed by atoms with Crippen LogP contribution in [0.25, 0.3) is 0 Å². The zero-order valence-electron chi connectivity index (χ0n) is 9.52. The second kappa shape index (κ2) is 5.38. The van der Waals surface area contributed by atoms with E-state index in [1.54, 1.807) is 13.4 Å². The van der Waals surface area contributed by atoms with E-state index in [1.165, 1.54) is 0 Å². The molecule has 2 aromatic rings. The zero-order chi connectivity index (χ0) is 12.3. The number of furan rings is 1. The van der Waals surface area contributed by atoms with Gasteiger partial charge in [0.2, 0.25) is 0 Å². The van der Waals surface area contributed by atoms with E-state index in [2.05, 4.69) is 15.9 Å². The highest BCUT2D eigenvalue weighted by atomic mass is 79.9. The third-order valence-electron chi connectivity index (χ3n) is 2.64. The van der Waals surface area contributed by atoms with Crippen molar-refractivity contribution in [1.29, 1.82) is 0 Å². The SMILES string of the molecule is COc1cccc(CC(N)c2ccoc2Br)c1. The number of halogens is 1.